The molecule has 1 aliphatic heterocycles. The zero-order chi connectivity index (χ0) is 28.9. The Morgan fingerprint density at radius 3 is 2.55 bits per heavy atom. The van der Waals surface area contributed by atoms with E-state index in [4.69, 9.17) is 9.47 Å². The molecular formula is C29H31F4N3O4. The fraction of sp³-hybridized carbons (Fsp3) is 0.379. The lowest BCUT2D eigenvalue weighted by molar-refractivity contribution is -0.0615. The normalized spacial score (nSPS) is 18.4. The van der Waals surface area contributed by atoms with Gasteiger partial charge in [-0.2, -0.15) is 0 Å². The second kappa shape index (κ2) is 12.6. The van der Waals surface area contributed by atoms with Gasteiger partial charge in [0.15, 0.2) is 11.6 Å². The Hall–Kier alpha value is -3.70. The molecular weight excluding hydrogens is 530 g/mol. The van der Waals surface area contributed by atoms with Crippen molar-refractivity contribution in [3.05, 3.63) is 77.5 Å². The molecule has 0 bridgehead atoms. The molecule has 40 heavy (non-hydrogen) atoms. The first-order chi connectivity index (χ1) is 19.2. The van der Waals surface area contributed by atoms with Gasteiger partial charge >= 0.3 is 5.97 Å². The molecule has 4 rings (SSSR count). The number of rotatable bonds is 9. The summed E-state index contributed by atoms with van der Waals surface area (Å²) < 4.78 is 66.9. The summed E-state index contributed by atoms with van der Waals surface area (Å²) in [6.45, 7) is 0.547. The summed E-state index contributed by atoms with van der Waals surface area (Å²) in [6, 6.07) is 12.3. The van der Waals surface area contributed by atoms with E-state index in [1.807, 2.05) is 30.3 Å². The topological polar surface area (TPSA) is 83.9 Å². The van der Waals surface area contributed by atoms with Crippen molar-refractivity contribution >= 4 is 11.7 Å². The van der Waals surface area contributed by atoms with Crippen molar-refractivity contribution in [2.24, 2.45) is 0 Å². The first-order valence-electron chi connectivity index (χ1n) is 12.8. The number of nitrogens with zero attached hydrogens (tertiary/aromatic N) is 2. The van der Waals surface area contributed by atoms with Crippen LogP contribution in [0.3, 0.4) is 0 Å². The highest BCUT2D eigenvalue weighted by molar-refractivity contribution is 5.97. The van der Waals surface area contributed by atoms with E-state index in [2.05, 4.69) is 10.3 Å². The summed E-state index contributed by atoms with van der Waals surface area (Å²) in [6.07, 6.45) is -2.32. The zero-order valence-electron chi connectivity index (χ0n) is 22.2. The van der Waals surface area contributed by atoms with Crippen molar-refractivity contribution in [1.29, 1.82) is 0 Å². The average molecular weight is 562 g/mol. The third-order valence-electron chi connectivity index (χ3n) is 7.21. The SMILES string of the molecule is COC(=O)c1cc(-c2cc(F)c(OC)cc2F)ncc1N1CCCC[C@](NCc2ccccc2)([C@H](O)C(F)F)C1. The molecule has 1 aromatic heterocycles. The lowest BCUT2D eigenvalue weighted by Gasteiger charge is -2.41. The number of nitrogens with one attached hydrogen (secondary N) is 1. The van der Waals surface area contributed by atoms with Crippen LogP contribution in [0.15, 0.2) is 54.7 Å². The minimum absolute atomic E-state index is 0.00600. The second-order valence-corrected chi connectivity index (χ2v) is 9.70. The number of hydrogen-bond donors (Lipinski definition) is 2. The van der Waals surface area contributed by atoms with Gasteiger partial charge in [0.25, 0.3) is 6.43 Å². The quantitative estimate of drug-likeness (QED) is 0.282. The predicted octanol–water partition coefficient (Wildman–Crippen LogP) is 4.97. The molecule has 214 valence electrons. The van der Waals surface area contributed by atoms with Crippen LogP contribution in [0.25, 0.3) is 11.3 Å². The molecule has 2 aromatic carbocycles. The summed E-state index contributed by atoms with van der Waals surface area (Å²) in [7, 11) is 2.38. The van der Waals surface area contributed by atoms with Crippen LogP contribution in [0.5, 0.6) is 5.75 Å². The van der Waals surface area contributed by atoms with Gasteiger partial charge in [-0.3, -0.25) is 4.98 Å². The van der Waals surface area contributed by atoms with Gasteiger partial charge < -0.3 is 24.8 Å². The minimum atomic E-state index is -3.02. The second-order valence-electron chi connectivity index (χ2n) is 9.70. The molecule has 2 heterocycles. The number of halogens is 4. The molecule has 0 spiro atoms. The standard InChI is InChI=1S/C29H31F4N3O4/c1-39-25-14-21(30)19(12-22(25)31)23-13-20(28(38)40-2)24(16-34-23)36-11-7-6-10-29(17-36,26(37)27(32)33)35-15-18-8-4-3-5-9-18/h3-5,8-9,12-14,16,26-27,35,37H,6-7,10-11,15,17H2,1-2H3/t26-,29-/m1/s1. The maximum absolute atomic E-state index is 14.8. The van der Waals surface area contributed by atoms with Gasteiger partial charge in [0.05, 0.1) is 42.9 Å². The zero-order valence-corrected chi connectivity index (χ0v) is 22.2. The van der Waals surface area contributed by atoms with Crippen LogP contribution in [0, 0.1) is 11.6 Å². The molecule has 2 N–H and O–H groups in total. The van der Waals surface area contributed by atoms with Crippen molar-refractivity contribution in [2.45, 2.75) is 43.9 Å². The third kappa shape index (κ3) is 6.20. The van der Waals surface area contributed by atoms with Crippen molar-refractivity contribution in [2.75, 3.05) is 32.2 Å². The van der Waals surface area contributed by atoms with Crippen LogP contribution >= 0.6 is 0 Å². The molecule has 7 nitrogen and oxygen atoms in total. The van der Waals surface area contributed by atoms with Crippen LogP contribution in [-0.2, 0) is 11.3 Å². The number of carbonyl (C=O) groups excluding carboxylic acids is 1. The van der Waals surface area contributed by atoms with Crippen LogP contribution in [0.2, 0.25) is 0 Å². The number of esters is 1. The largest absolute Gasteiger partial charge is 0.494 e. The lowest BCUT2D eigenvalue weighted by Crippen LogP contribution is -2.62. The molecule has 1 aliphatic rings. The molecule has 0 saturated carbocycles. The number of carbonyl (C=O) groups is 1. The monoisotopic (exact) mass is 561 g/mol. The average Bonchev–Trinajstić information content (AvgIpc) is 3.20. The number of anilines is 1. The minimum Gasteiger partial charge on any atom is -0.494 e. The number of benzene rings is 2. The highest BCUT2D eigenvalue weighted by atomic mass is 19.3. The Bertz CT molecular complexity index is 1330. The Morgan fingerprint density at radius 1 is 1.12 bits per heavy atom. The van der Waals surface area contributed by atoms with E-state index in [9.17, 15) is 27.5 Å². The third-order valence-corrected chi connectivity index (χ3v) is 7.21. The van der Waals surface area contributed by atoms with Gasteiger partial charge in [-0.25, -0.2) is 22.4 Å². The van der Waals surface area contributed by atoms with Crippen LogP contribution in [0.4, 0.5) is 23.2 Å². The van der Waals surface area contributed by atoms with Gasteiger partial charge in [0.1, 0.15) is 11.9 Å². The van der Waals surface area contributed by atoms with E-state index in [0.29, 0.717) is 19.4 Å². The molecule has 3 aromatic rings. The van der Waals surface area contributed by atoms with Crippen molar-refractivity contribution in [1.82, 2.24) is 10.3 Å². The smallest absolute Gasteiger partial charge is 0.340 e. The molecule has 11 heteroatoms. The summed E-state index contributed by atoms with van der Waals surface area (Å²) in [5.74, 6) is -2.68. The molecule has 1 saturated heterocycles. The maximum atomic E-state index is 14.8. The number of methoxy groups -OCH3 is 2. The predicted molar refractivity (Wildman–Crippen MR) is 142 cm³/mol. The molecule has 0 unspecified atom stereocenters. The first-order valence-corrected chi connectivity index (χ1v) is 12.8. The molecule has 2 atom stereocenters. The Morgan fingerprint density at radius 2 is 1.88 bits per heavy atom. The number of alkyl halides is 2. The number of hydrogen-bond acceptors (Lipinski definition) is 7. The van der Waals surface area contributed by atoms with Crippen LogP contribution in [0.1, 0.15) is 35.2 Å². The van der Waals surface area contributed by atoms with E-state index in [1.165, 1.54) is 26.5 Å². The fourth-order valence-electron chi connectivity index (χ4n) is 5.06. The fourth-order valence-corrected chi connectivity index (χ4v) is 5.06. The van der Waals surface area contributed by atoms with Gasteiger partial charge in [0.2, 0.25) is 0 Å². The van der Waals surface area contributed by atoms with Gasteiger partial charge in [0, 0.05) is 31.3 Å². The van der Waals surface area contributed by atoms with Gasteiger partial charge in [-0.1, -0.05) is 30.3 Å². The Kier molecular flexibility index (Phi) is 9.26. The van der Waals surface area contributed by atoms with Gasteiger partial charge in [-0.05, 0) is 37.0 Å². The van der Waals surface area contributed by atoms with E-state index in [-0.39, 0.29) is 47.8 Å². The van der Waals surface area contributed by atoms with E-state index < -0.39 is 35.7 Å². The number of aromatic nitrogens is 1. The highest BCUT2D eigenvalue weighted by Crippen LogP contribution is 2.35. The van der Waals surface area contributed by atoms with Crippen molar-refractivity contribution in [3.8, 4) is 17.0 Å². The van der Waals surface area contributed by atoms with E-state index in [0.717, 1.165) is 17.7 Å². The number of aliphatic hydroxyl groups is 1. The molecule has 0 aliphatic carbocycles. The van der Waals surface area contributed by atoms with Crippen molar-refractivity contribution < 1.29 is 36.9 Å². The number of ether oxygens (including phenoxy) is 2. The molecule has 1 fully saturated rings. The highest BCUT2D eigenvalue weighted by Gasteiger charge is 2.45. The lowest BCUT2D eigenvalue weighted by atomic mass is 9.86. The molecule has 0 amide bonds. The number of aliphatic hydroxyl groups excluding tert-OH is 1. The molecule has 0 radical (unpaired) electrons. The Balaban J connectivity index is 1.74. The summed E-state index contributed by atoms with van der Waals surface area (Å²) in [5, 5.41) is 13.9. The first kappa shape index (κ1) is 29.3. The van der Waals surface area contributed by atoms with Crippen LogP contribution < -0.4 is 15.0 Å². The Labute approximate surface area is 229 Å². The van der Waals surface area contributed by atoms with Crippen LogP contribution in [-0.4, -0.2) is 61.4 Å². The summed E-state index contributed by atoms with van der Waals surface area (Å²) >= 11 is 0. The summed E-state index contributed by atoms with van der Waals surface area (Å²) in [4.78, 5) is 18.8. The maximum Gasteiger partial charge on any atom is 0.340 e. The van der Waals surface area contributed by atoms with Crippen molar-refractivity contribution in [3.63, 3.8) is 0 Å². The number of pyridine rings is 1. The summed E-state index contributed by atoms with van der Waals surface area (Å²) in [5.41, 5.74) is -0.531. The van der Waals surface area contributed by atoms with E-state index >= 15 is 0 Å². The van der Waals surface area contributed by atoms with E-state index in [1.54, 1.807) is 4.90 Å². The van der Waals surface area contributed by atoms with Gasteiger partial charge in [-0.15, -0.1) is 0 Å².